The molecule has 0 bridgehead atoms. The van der Waals surface area contributed by atoms with Gasteiger partial charge in [-0.05, 0) is 80.9 Å². The molecule has 0 saturated heterocycles. The molecule has 0 saturated carbocycles. The molecule has 43 heavy (non-hydrogen) atoms. The van der Waals surface area contributed by atoms with Gasteiger partial charge in [-0.25, -0.2) is 0 Å². The second kappa shape index (κ2) is 14.1. The van der Waals surface area contributed by atoms with Gasteiger partial charge >= 0.3 is 18.9 Å². The van der Waals surface area contributed by atoms with Crippen LogP contribution < -0.4 is 38.4 Å². The Bertz CT molecular complexity index is 1600. The van der Waals surface area contributed by atoms with Crippen molar-refractivity contribution >= 4 is 19.4 Å². The summed E-state index contributed by atoms with van der Waals surface area (Å²) in [6, 6.07) is 36.5. The number of ether oxygens (including phenoxy) is 3. The summed E-state index contributed by atoms with van der Waals surface area (Å²) < 4.78 is 19.1. The number of hydrogen-bond donors (Lipinski definition) is 0. The fourth-order valence-electron chi connectivity index (χ4n) is 4.70. The third-order valence-corrected chi connectivity index (χ3v) is 8.04. The van der Waals surface area contributed by atoms with Gasteiger partial charge < -0.3 is 14.2 Å². The minimum Gasteiger partial charge on any atom is -0.457 e. The SMILES string of the molecule is Cc1cc(C(C)(C)C)cc(C)c1C(=O)Pc1c(Oc2ccccc2)cc(Oc2ccccc2)cc1Oc1ccccc1.[Li+]. The van der Waals surface area contributed by atoms with Crippen molar-refractivity contribution < 1.29 is 37.9 Å². The largest absolute Gasteiger partial charge is 1.00 e. The third-order valence-electron chi connectivity index (χ3n) is 6.82. The normalized spacial score (nSPS) is 11.2. The van der Waals surface area contributed by atoms with Crippen LogP contribution in [-0.4, -0.2) is 5.52 Å². The summed E-state index contributed by atoms with van der Waals surface area (Å²) in [5.74, 6) is 3.55. The number of hydrogen-bond acceptors (Lipinski definition) is 4. The van der Waals surface area contributed by atoms with Gasteiger partial charge in [-0.1, -0.05) is 87.5 Å². The van der Waals surface area contributed by atoms with Crippen LogP contribution >= 0.6 is 8.58 Å². The molecule has 1 unspecified atom stereocenters. The molecule has 0 aliphatic carbocycles. The van der Waals surface area contributed by atoms with Crippen LogP contribution in [-0.2, 0) is 5.41 Å². The fraction of sp³-hybridized carbons (Fsp3) is 0.162. The number of aryl methyl sites for hydroxylation is 2. The zero-order valence-electron chi connectivity index (χ0n) is 25.6. The van der Waals surface area contributed by atoms with Crippen LogP contribution in [0.15, 0.2) is 115 Å². The van der Waals surface area contributed by atoms with E-state index in [1.54, 1.807) is 0 Å². The molecule has 6 heteroatoms. The molecule has 0 amide bonds. The van der Waals surface area contributed by atoms with E-state index in [0.29, 0.717) is 39.8 Å². The van der Waals surface area contributed by atoms with Crippen molar-refractivity contribution in [3.8, 4) is 34.5 Å². The van der Waals surface area contributed by atoms with Crippen LogP contribution in [0, 0.1) is 13.8 Å². The van der Waals surface area contributed by atoms with E-state index in [9.17, 15) is 4.79 Å². The Balaban J connectivity index is 0.00000423. The van der Waals surface area contributed by atoms with Gasteiger partial charge in [0.2, 0.25) is 0 Å². The van der Waals surface area contributed by atoms with Crippen molar-refractivity contribution in [3.05, 3.63) is 138 Å². The maximum absolute atomic E-state index is 14.1. The van der Waals surface area contributed by atoms with Gasteiger partial charge in [-0.2, -0.15) is 0 Å². The number of benzene rings is 5. The summed E-state index contributed by atoms with van der Waals surface area (Å²) in [6.45, 7) is 10.6. The van der Waals surface area contributed by atoms with E-state index in [4.69, 9.17) is 14.2 Å². The molecule has 0 heterocycles. The summed E-state index contributed by atoms with van der Waals surface area (Å²) in [5, 5.41) is 0.673. The van der Waals surface area contributed by atoms with E-state index in [-0.39, 0.29) is 38.4 Å². The average Bonchev–Trinajstić information content (AvgIpc) is 2.95. The van der Waals surface area contributed by atoms with E-state index in [0.717, 1.165) is 16.7 Å². The molecule has 212 valence electrons. The van der Waals surface area contributed by atoms with Gasteiger partial charge in [-0.15, -0.1) is 0 Å². The minimum absolute atomic E-state index is 0. The molecule has 0 spiro atoms. The van der Waals surface area contributed by atoms with Gasteiger partial charge in [0.25, 0.3) is 0 Å². The fourth-order valence-corrected chi connectivity index (χ4v) is 5.93. The van der Waals surface area contributed by atoms with Crippen LogP contribution in [0.1, 0.15) is 47.8 Å². The Kier molecular flexibility index (Phi) is 10.5. The van der Waals surface area contributed by atoms with Gasteiger partial charge in [-0.3, -0.25) is 4.79 Å². The first-order chi connectivity index (χ1) is 20.2. The number of para-hydroxylation sites is 3. The Morgan fingerprint density at radius 3 is 1.37 bits per heavy atom. The predicted octanol–water partition coefficient (Wildman–Crippen LogP) is 7.13. The van der Waals surface area contributed by atoms with Gasteiger partial charge in [0.1, 0.15) is 34.5 Å². The quantitative estimate of drug-likeness (QED) is 0.137. The molecule has 0 aliphatic heterocycles. The molecule has 5 rings (SSSR count). The second-order valence-electron chi connectivity index (χ2n) is 11.2. The smallest absolute Gasteiger partial charge is 0.457 e. The first-order valence-corrected chi connectivity index (χ1v) is 15.0. The van der Waals surface area contributed by atoms with E-state index >= 15 is 0 Å². The molecule has 0 N–H and O–H groups in total. The maximum Gasteiger partial charge on any atom is 1.00 e. The zero-order chi connectivity index (χ0) is 29.7. The van der Waals surface area contributed by atoms with Crippen molar-refractivity contribution in [2.75, 3.05) is 0 Å². The van der Waals surface area contributed by atoms with Gasteiger partial charge in [0.15, 0.2) is 5.52 Å². The predicted molar refractivity (Wildman–Crippen MR) is 173 cm³/mol. The van der Waals surface area contributed by atoms with Crippen molar-refractivity contribution in [1.29, 1.82) is 0 Å². The van der Waals surface area contributed by atoms with Crippen LogP contribution in [0.4, 0.5) is 0 Å². The monoisotopic (exact) mass is 581 g/mol. The summed E-state index contributed by atoms with van der Waals surface area (Å²) in [7, 11) is -0.247. The van der Waals surface area contributed by atoms with E-state index < -0.39 is 0 Å². The van der Waals surface area contributed by atoms with E-state index in [1.807, 2.05) is 117 Å². The van der Waals surface area contributed by atoms with Crippen LogP contribution in [0.25, 0.3) is 0 Å². The average molecular weight is 582 g/mol. The zero-order valence-corrected chi connectivity index (χ0v) is 26.6. The van der Waals surface area contributed by atoms with Crippen LogP contribution in [0.3, 0.4) is 0 Å². The molecule has 5 aromatic rings. The van der Waals surface area contributed by atoms with Crippen LogP contribution in [0.2, 0.25) is 0 Å². The third kappa shape index (κ3) is 8.18. The Morgan fingerprint density at radius 1 is 0.581 bits per heavy atom. The van der Waals surface area contributed by atoms with E-state index in [2.05, 4.69) is 32.9 Å². The molecule has 5 aromatic carbocycles. The van der Waals surface area contributed by atoms with Crippen LogP contribution in [0.5, 0.6) is 34.5 Å². The number of carbonyl (C=O) groups excluding carboxylic acids is 1. The molecule has 1 atom stereocenters. The molecule has 0 fully saturated rings. The van der Waals surface area contributed by atoms with Crippen molar-refractivity contribution in [2.45, 2.75) is 40.0 Å². The summed E-state index contributed by atoms with van der Waals surface area (Å²) in [5.41, 5.74) is 3.90. The topological polar surface area (TPSA) is 44.8 Å². The Morgan fingerprint density at radius 2 is 0.977 bits per heavy atom. The van der Waals surface area contributed by atoms with Crippen molar-refractivity contribution in [3.63, 3.8) is 0 Å². The minimum atomic E-state index is -0.247. The standard InChI is InChI=1S/C37H35O4P.Li/c1-25-21-27(37(3,4)5)22-26(2)34(25)36(38)42-35-32(40-29-17-11-7-12-18-29)23-31(39-28-15-9-6-10-16-28)24-33(35)41-30-19-13-8-14-20-30;/h6-24,42H,1-5H3;/q;+1. The number of rotatable bonds is 9. The molecule has 0 aromatic heterocycles. The second-order valence-corrected chi connectivity index (χ2v) is 12.4. The number of carbonyl (C=O) groups is 1. The molecular weight excluding hydrogens is 546 g/mol. The summed E-state index contributed by atoms with van der Waals surface area (Å²) >= 11 is 0. The van der Waals surface area contributed by atoms with E-state index in [1.165, 1.54) is 5.56 Å². The molecular formula is C37H35LiO4P+. The first-order valence-electron chi connectivity index (χ1n) is 14.0. The molecule has 4 nitrogen and oxygen atoms in total. The maximum atomic E-state index is 14.1. The Labute approximate surface area is 268 Å². The van der Waals surface area contributed by atoms with Gasteiger partial charge in [0, 0.05) is 17.7 Å². The summed E-state index contributed by atoms with van der Waals surface area (Å²) in [6.07, 6.45) is 0. The van der Waals surface area contributed by atoms with Crippen molar-refractivity contribution in [1.82, 2.24) is 0 Å². The molecule has 0 radical (unpaired) electrons. The van der Waals surface area contributed by atoms with Gasteiger partial charge in [0.05, 0.1) is 5.30 Å². The molecule has 0 aliphatic rings. The first kappa shape index (κ1) is 32.1. The summed E-state index contributed by atoms with van der Waals surface area (Å²) in [4.78, 5) is 14.1. The van der Waals surface area contributed by atoms with Crippen molar-refractivity contribution in [2.24, 2.45) is 0 Å². The Hall–Kier alpha value is -3.80.